The Hall–Kier alpha value is -1.98. The molecule has 5 heteroatoms. The minimum Gasteiger partial charge on any atom is -0.337 e. The molecule has 0 spiro atoms. The number of nitrogens with two attached hydrogens (primary N) is 1. The number of nitrogens with zero attached hydrogens (tertiary/aromatic N) is 2. The summed E-state index contributed by atoms with van der Waals surface area (Å²) >= 11 is 1.60. The molecule has 3 rings (SSSR count). The molecule has 0 radical (unpaired) electrons. The van der Waals surface area contributed by atoms with E-state index in [9.17, 15) is 0 Å². The molecule has 4 nitrogen and oxygen atoms in total. The lowest BCUT2D eigenvalue weighted by atomic mass is 10.1. The zero-order chi connectivity index (χ0) is 13.1. The van der Waals surface area contributed by atoms with Crippen LogP contribution in [0.25, 0.3) is 11.4 Å². The third kappa shape index (κ3) is 2.72. The lowest BCUT2D eigenvalue weighted by molar-refractivity contribution is 0.354. The van der Waals surface area contributed by atoms with Crippen molar-refractivity contribution in [3.8, 4) is 11.4 Å². The van der Waals surface area contributed by atoms with Crippen LogP contribution in [-0.2, 0) is 6.42 Å². The monoisotopic (exact) mass is 271 g/mol. The fourth-order valence-electron chi connectivity index (χ4n) is 1.85. The van der Waals surface area contributed by atoms with Gasteiger partial charge in [0, 0.05) is 10.9 Å². The molecular weight excluding hydrogens is 258 g/mol. The smallest absolute Gasteiger partial charge is 0.244 e. The topological polar surface area (TPSA) is 64.9 Å². The zero-order valence-electron chi connectivity index (χ0n) is 10.2. The molecule has 0 bridgehead atoms. The van der Waals surface area contributed by atoms with E-state index in [2.05, 4.69) is 10.1 Å². The first-order valence-corrected chi connectivity index (χ1v) is 6.93. The van der Waals surface area contributed by atoms with E-state index in [4.69, 9.17) is 10.3 Å². The fourth-order valence-corrected chi connectivity index (χ4v) is 2.48. The summed E-state index contributed by atoms with van der Waals surface area (Å²) in [7, 11) is 0. The van der Waals surface area contributed by atoms with Crippen LogP contribution in [0.3, 0.4) is 0 Å². The van der Waals surface area contributed by atoms with Crippen LogP contribution in [0.1, 0.15) is 17.5 Å². The molecule has 1 atom stereocenters. The van der Waals surface area contributed by atoms with Gasteiger partial charge in [-0.05, 0) is 23.4 Å². The van der Waals surface area contributed by atoms with Crippen LogP contribution in [-0.4, -0.2) is 10.1 Å². The highest BCUT2D eigenvalue weighted by Crippen LogP contribution is 2.21. The van der Waals surface area contributed by atoms with Gasteiger partial charge in [-0.2, -0.15) is 16.3 Å². The molecule has 0 fully saturated rings. The highest BCUT2D eigenvalue weighted by atomic mass is 32.1. The Morgan fingerprint density at radius 2 is 2.05 bits per heavy atom. The predicted molar refractivity (Wildman–Crippen MR) is 74.7 cm³/mol. The number of thiophene rings is 1. The SMILES string of the molecule is N[C@@H](Cc1ccccc1)c1nc(-c2ccsc2)no1. The number of aromatic nitrogens is 2. The van der Waals surface area contributed by atoms with Gasteiger partial charge in [-0.1, -0.05) is 35.5 Å². The van der Waals surface area contributed by atoms with Crippen molar-refractivity contribution in [2.75, 3.05) is 0 Å². The summed E-state index contributed by atoms with van der Waals surface area (Å²) in [6.07, 6.45) is 0.687. The third-order valence-electron chi connectivity index (χ3n) is 2.84. The molecule has 0 amide bonds. The summed E-state index contributed by atoms with van der Waals surface area (Å²) in [4.78, 5) is 4.35. The number of benzene rings is 1. The summed E-state index contributed by atoms with van der Waals surface area (Å²) in [5, 5.41) is 7.93. The summed E-state index contributed by atoms with van der Waals surface area (Å²) < 4.78 is 5.24. The average molecular weight is 271 g/mol. The first-order valence-electron chi connectivity index (χ1n) is 5.98. The van der Waals surface area contributed by atoms with Gasteiger partial charge in [0.1, 0.15) is 0 Å². The maximum atomic E-state index is 6.10. The Labute approximate surface area is 114 Å². The number of hydrogen-bond acceptors (Lipinski definition) is 5. The Balaban J connectivity index is 1.76. The van der Waals surface area contributed by atoms with Crippen LogP contribution < -0.4 is 5.73 Å². The van der Waals surface area contributed by atoms with Crippen molar-refractivity contribution < 1.29 is 4.52 Å². The van der Waals surface area contributed by atoms with E-state index in [1.165, 1.54) is 0 Å². The molecule has 3 aromatic rings. The first-order chi connectivity index (χ1) is 9.33. The van der Waals surface area contributed by atoms with Crippen LogP contribution in [0, 0.1) is 0 Å². The van der Waals surface area contributed by atoms with Gasteiger partial charge in [-0.15, -0.1) is 0 Å². The van der Waals surface area contributed by atoms with Gasteiger partial charge in [0.25, 0.3) is 0 Å². The molecule has 0 aliphatic rings. The summed E-state index contributed by atoms with van der Waals surface area (Å²) in [6.45, 7) is 0. The number of rotatable bonds is 4. The summed E-state index contributed by atoms with van der Waals surface area (Å²) in [5.74, 6) is 1.07. The Morgan fingerprint density at radius 1 is 1.21 bits per heavy atom. The second kappa shape index (κ2) is 5.34. The molecule has 0 aliphatic carbocycles. The second-order valence-corrected chi connectivity index (χ2v) is 5.04. The van der Waals surface area contributed by atoms with E-state index in [1.54, 1.807) is 11.3 Å². The van der Waals surface area contributed by atoms with Crippen LogP contribution >= 0.6 is 11.3 Å². The van der Waals surface area contributed by atoms with E-state index < -0.39 is 0 Å². The van der Waals surface area contributed by atoms with Gasteiger partial charge < -0.3 is 10.3 Å². The zero-order valence-corrected chi connectivity index (χ0v) is 11.0. The van der Waals surface area contributed by atoms with Crippen LogP contribution in [0.15, 0.2) is 51.7 Å². The van der Waals surface area contributed by atoms with Crippen LogP contribution in [0.2, 0.25) is 0 Å². The van der Waals surface area contributed by atoms with E-state index in [-0.39, 0.29) is 6.04 Å². The average Bonchev–Trinajstić information content (AvgIpc) is 3.11. The molecule has 2 N–H and O–H groups in total. The molecule has 2 heterocycles. The summed E-state index contributed by atoms with van der Waals surface area (Å²) in [6, 6.07) is 11.7. The Morgan fingerprint density at radius 3 is 2.79 bits per heavy atom. The molecular formula is C14H13N3OS. The van der Waals surface area contributed by atoms with E-state index in [0.717, 1.165) is 11.1 Å². The van der Waals surface area contributed by atoms with Crippen molar-refractivity contribution in [3.63, 3.8) is 0 Å². The van der Waals surface area contributed by atoms with Crippen LogP contribution in [0.5, 0.6) is 0 Å². The molecule has 2 aromatic heterocycles. The molecule has 96 valence electrons. The third-order valence-corrected chi connectivity index (χ3v) is 3.52. The first kappa shape index (κ1) is 12.1. The highest BCUT2D eigenvalue weighted by Gasteiger charge is 2.16. The van der Waals surface area contributed by atoms with Gasteiger partial charge >= 0.3 is 0 Å². The molecule has 0 saturated carbocycles. The molecule has 0 aliphatic heterocycles. The van der Waals surface area contributed by atoms with Gasteiger partial charge in [-0.3, -0.25) is 0 Å². The normalized spacial score (nSPS) is 12.5. The van der Waals surface area contributed by atoms with E-state index in [0.29, 0.717) is 18.1 Å². The maximum Gasteiger partial charge on any atom is 0.244 e. The molecule has 19 heavy (non-hydrogen) atoms. The van der Waals surface area contributed by atoms with Gasteiger partial charge in [0.05, 0.1) is 6.04 Å². The molecule has 1 aromatic carbocycles. The molecule has 0 saturated heterocycles. The van der Waals surface area contributed by atoms with Gasteiger partial charge in [0.2, 0.25) is 11.7 Å². The quantitative estimate of drug-likeness (QED) is 0.792. The lowest BCUT2D eigenvalue weighted by Crippen LogP contribution is -2.13. The van der Waals surface area contributed by atoms with Gasteiger partial charge in [0.15, 0.2) is 0 Å². The Kier molecular flexibility index (Phi) is 3.39. The van der Waals surface area contributed by atoms with Crippen molar-refractivity contribution in [2.45, 2.75) is 12.5 Å². The Bertz CT molecular complexity index is 634. The summed E-state index contributed by atoms with van der Waals surface area (Å²) in [5.41, 5.74) is 8.22. The second-order valence-electron chi connectivity index (χ2n) is 4.26. The van der Waals surface area contributed by atoms with Crippen molar-refractivity contribution in [1.29, 1.82) is 0 Å². The predicted octanol–water partition coefficient (Wildman–Crippen LogP) is 3.04. The number of hydrogen-bond donors (Lipinski definition) is 1. The minimum absolute atomic E-state index is 0.276. The van der Waals surface area contributed by atoms with E-state index >= 15 is 0 Å². The fraction of sp³-hybridized carbons (Fsp3) is 0.143. The largest absolute Gasteiger partial charge is 0.337 e. The van der Waals surface area contributed by atoms with Crippen LogP contribution in [0.4, 0.5) is 0 Å². The van der Waals surface area contributed by atoms with Crippen molar-refractivity contribution in [2.24, 2.45) is 5.73 Å². The standard InChI is InChI=1S/C14H13N3OS/c15-12(8-10-4-2-1-3-5-10)14-16-13(17-18-14)11-6-7-19-9-11/h1-7,9,12H,8,15H2/t12-/m0/s1. The van der Waals surface area contributed by atoms with Crippen molar-refractivity contribution in [3.05, 3.63) is 58.6 Å². The van der Waals surface area contributed by atoms with Crippen molar-refractivity contribution >= 4 is 11.3 Å². The maximum absolute atomic E-state index is 6.10. The lowest BCUT2D eigenvalue weighted by Gasteiger charge is -2.05. The van der Waals surface area contributed by atoms with Crippen molar-refractivity contribution in [1.82, 2.24) is 10.1 Å². The van der Waals surface area contributed by atoms with E-state index in [1.807, 2.05) is 47.2 Å². The molecule has 0 unspecified atom stereocenters. The highest BCUT2D eigenvalue weighted by molar-refractivity contribution is 7.08. The van der Waals surface area contributed by atoms with Gasteiger partial charge in [-0.25, -0.2) is 0 Å². The minimum atomic E-state index is -0.276.